The van der Waals surface area contributed by atoms with E-state index in [0.717, 1.165) is 19.3 Å². The molecule has 0 aliphatic heterocycles. The Morgan fingerprint density at radius 1 is 1.24 bits per heavy atom. The molecular formula is C12H24N2O3. The topological polar surface area (TPSA) is 49.9 Å². The van der Waals surface area contributed by atoms with Gasteiger partial charge in [-0.05, 0) is 13.5 Å². The van der Waals surface area contributed by atoms with E-state index in [1.165, 1.54) is 12.0 Å². The molecule has 17 heavy (non-hydrogen) atoms. The van der Waals surface area contributed by atoms with E-state index in [1.54, 1.807) is 26.0 Å². The molecule has 0 radical (unpaired) electrons. The van der Waals surface area contributed by atoms with Crippen LogP contribution in [-0.4, -0.2) is 62.5 Å². The number of ether oxygens (including phenoxy) is 1. The van der Waals surface area contributed by atoms with E-state index < -0.39 is 0 Å². The van der Waals surface area contributed by atoms with Gasteiger partial charge in [-0.3, -0.25) is 14.5 Å². The van der Waals surface area contributed by atoms with Gasteiger partial charge in [-0.1, -0.05) is 19.8 Å². The van der Waals surface area contributed by atoms with Crippen LogP contribution >= 0.6 is 0 Å². The second-order valence-corrected chi connectivity index (χ2v) is 4.38. The molecule has 0 aliphatic carbocycles. The summed E-state index contributed by atoms with van der Waals surface area (Å²) in [7, 11) is 6.56. The van der Waals surface area contributed by atoms with Crippen molar-refractivity contribution in [2.75, 3.05) is 34.8 Å². The van der Waals surface area contributed by atoms with Gasteiger partial charge in [-0.2, -0.15) is 0 Å². The minimum Gasteiger partial charge on any atom is -0.468 e. The van der Waals surface area contributed by atoms with Crippen molar-refractivity contribution < 1.29 is 14.3 Å². The van der Waals surface area contributed by atoms with Crippen LogP contribution in [-0.2, 0) is 14.3 Å². The lowest BCUT2D eigenvalue weighted by Gasteiger charge is -2.26. The van der Waals surface area contributed by atoms with Crippen molar-refractivity contribution in [2.45, 2.75) is 32.2 Å². The summed E-state index contributed by atoms with van der Waals surface area (Å²) in [6.07, 6.45) is 2.68. The third-order valence-electron chi connectivity index (χ3n) is 2.72. The second kappa shape index (κ2) is 8.06. The van der Waals surface area contributed by atoms with E-state index in [1.807, 2.05) is 0 Å². The fourth-order valence-corrected chi connectivity index (χ4v) is 1.52. The lowest BCUT2D eigenvalue weighted by molar-refractivity contribution is -0.147. The zero-order valence-corrected chi connectivity index (χ0v) is 11.5. The highest BCUT2D eigenvalue weighted by Crippen LogP contribution is 2.09. The highest BCUT2D eigenvalue weighted by atomic mass is 16.5. The highest BCUT2D eigenvalue weighted by molar-refractivity contribution is 5.80. The van der Waals surface area contributed by atoms with Crippen LogP contribution in [0.3, 0.4) is 0 Å². The van der Waals surface area contributed by atoms with Crippen LogP contribution in [0.5, 0.6) is 0 Å². The standard InChI is InChI=1S/C12H24N2O3/c1-6-7-8-10(12(16)17-5)14(4)9-11(15)13(2)3/h10H,6-9H2,1-5H3. The summed E-state index contributed by atoms with van der Waals surface area (Å²) in [5.74, 6) is -0.287. The average Bonchev–Trinajstić information content (AvgIpc) is 2.28. The maximum atomic E-state index is 11.6. The fourth-order valence-electron chi connectivity index (χ4n) is 1.52. The molecule has 0 aromatic heterocycles. The van der Waals surface area contributed by atoms with Gasteiger partial charge in [-0.15, -0.1) is 0 Å². The van der Waals surface area contributed by atoms with Gasteiger partial charge in [0.1, 0.15) is 6.04 Å². The first-order valence-corrected chi connectivity index (χ1v) is 5.92. The van der Waals surface area contributed by atoms with E-state index in [9.17, 15) is 9.59 Å². The van der Waals surface area contributed by atoms with E-state index in [0.29, 0.717) is 0 Å². The Kier molecular flexibility index (Phi) is 7.54. The summed E-state index contributed by atoms with van der Waals surface area (Å²) in [6, 6.07) is -0.330. The zero-order chi connectivity index (χ0) is 13.4. The molecule has 1 unspecified atom stereocenters. The van der Waals surface area contributed by atoms with Crippen LogP contribution in [0.2, 0.25) is 0 Å². The van der Waals surface area contributed by atoms with Crippen molar-refractivity contribution in [1.29, 1.82) is 0 Å². The smallest absolute Gasteiger partial charge is 0.323 e. The molecule has 0 bridgehead atoms. The Morgan fingerprint density at radius 2 is 1.82 bits per heavy atom. The molecule has 0 spiro atoms. The summed E-state index contributed by atoms with van der Waals surface area (Å²) < 4.78 is 4.77. The summed E-state index contributed by atoms with van der Waals surface area (Å²) in [5.41, 5.74) is 0. The maximum absolute atomic E-state index is 11.6. The van der Waals surface area contributed by atoms with Crippen LogP contribution < -0.4 is 0 Å². The van der Waals surface area contributed by atoms with Crippen LogP contribution in [0.1, 0.15) is 26.2 Å². The normalized spacial score (nSPS) is 12.4. The molecular weight excluding hydrogens is 220 g/mol. The summed E-state index contributed by atoms with van der Waals surface area (Å²) in [6.45, 7) is 2.30. The van der Waals surface area contributed by atoms with Crippen molar-refractivity contribution in [1.82, 2.24) is 9.80 Å². The molecule has 5 heteroatoms. The molecule has 0 aliphatic rings. The summed E-state index contributed by atoms with van der Waals surface area (Å²) >= 11 is 0. The molecule has 0 fully saturated rings. The van der Waals surface area contributed by atoms with E-state index in [-0.39, 0.29) is 24.5 Å². The highest BCUT2D eigenvalue weighted by Gasteiger charge is 2.25. The van der Waals surface area contributed by atoms with Gasteiger partial charge in [0.05, 0.1) is 13.7 Å². The van der Waals surface area contributed by atoms with Crippen LogP contribution in [0.25, 0.3) is 0 Å². The zero-order valence-electron chi connectivity index (χ0n) is 11.5. The average molecular weight is 244 g/mol. The SMILES string of the molecule is CCCCC(C(=O)OC)N(C)CC(=O)N(C)C. The van der Waals surface area contributed by atoms with Gasteiger partial charge in [0.2, 0.25) is 5.91 Å². The van der Waals surface area contributed by atoms with Gasteiger partial charge in [0.15, 0.2) is 0 Å². The Hall–Kier alpha value is -1.10. The molecule has 100 valence electrons. The van der Waals surface area contributed by atoms with E-state index in [2.05, 4.69) is 6.92 Å². The Labute approximate surface area is 104 Å². The van der Waals surface area contributed by atoms with Gasteiger partial charge in [0, 0.05) is 14.1 Å². The number of carbonyl (C=O) groups excluding carboxylic acids is 2. The Bertz CT molecular complexity index is 254. The van der Waals surface area contributed by atoms with Gasteiger partial charge >= 0.3 is 5.97 Å². The van der Waals surface area contributed by atoms with Crippen molar-refractivity contribution in [3.63, 3.8) is 0 Å². The number of carbonyl (C=O) groups is 2. The quantitative estimate of drug-likeness (QED) is 0.620. The predicted octanol–water partition coefficient (Wildman–Crippen LogP) is 0.738. The molecule has 0 heterocycles. The molecule has 0 aromatic carbocycles. The van der Waals surface area contributed by atoms with Gasteiger partial charge in [0.25, 0.3) is 0 Å². The number of unbranched alkanes of at least 4 members (excludes halogenated alkanes) is 1. The number of methoxy groups -OCH3 is 1. The summed E-state index contributed by atoms with van der Waals surface area (Å²) in [5, 5.41) is 0. The van der Waals surface area contributed by atoms with Crippen LogP contribution in [0.4, 0.5) is 0 Å². The number of rotatable bonds is 7. The largest absolute Gasteiger partial charge is 0.468 e. The van der Waals surface area contributed by atoms with E-state index in [4.69, 9.17) is 4.74 Å². The van der Waals surface area contributed by atoms with Crippen molar-refractivity contribution in [3.05, 3.63) is 0 Å². The van der Waals surface area contributed by atoms with E-state index >= 15 is 0 Å². The number of esters is 1. The van der Waals surface area contributed by atoms with Gasteiger partial charge < -0.3 is 9.64 Å². The first-order chi connectivity index (χ1) is 7.93. The molecule has 1 amide bonds. The minimum atomic E-state index is -0.330. The van der Waals surface area contributed by atoms with Crippen molar-refractivity contribution in [2.24, 2.45) is 0 Å². The lowest BCUT2D eigenvalue weighted by atomic mass is 10.1. The molecule has 0 N–H and O–H groups in total. The molecule has 5 nitrogen and oxygen atoms in total. The number of hydrogen-bond donors (Lipinski definition) is 0. The van der Waals surface area contributed by atoms with Crippen LogP contribution in [0.15, 0.2) is 0 Å². The Balaban J connectivity index is 4.46. The predicted molar refractivity (Wildman–Crippen MR) is 66.7 cm³/mol. The number of nitrogens with zero attached hydrogens (tertiary/aromatic N) is 2. The number of hydrogen-bond acceptors (Lipinski definition) is 4. The monoisotopic (exact) mass is 244 g/mol. The van der Waals surface area contributed by atoms with Crippen molar-refractivity contribution >= 4 is 11.9 Å². The Morgan fingerprint density at radius 3 is 2.24 bits per heavy atom. The summed E-state index contributed by atoms with van der Waals surface area (Å²) in [4.78, 5) is 26.5. The van der Waals surface area contributed by atoms with Crippen LogP contribution in [0, 0.1) is 0 Å². The minimum absolute atomic E-state index is 0.0158. The van der Waals surface area contributed by atoms with Gasteiger partial charge in [-0.25, -0.2) is 0 Å². The second-order valence-electron chi connectivity index (χ2n) is 4.38. The third-order valence-corrected chi connectivity index (χ3v) is 2.72. The first kappa shape index (κ1) is 15.9. The molecule has 0 saturated heterocycles. The number of likely N-dealkylation sites (N-methyl/N-ethyl adjacent to an activating group) is 2. The fraction of sp³-hybridized carbons (Fsp3) is 0.833. The molecule has 0 aromatic rings. The number of amides is 1. The lowest BCUT2D eigenvalue weighted by Crippen LogP contribution is -2.44. The maximum Gasteiger partial charge on any atom is 0.323 e. The van der Waals surface area contributed by atoms with Crippen molar-refractivity contribution in [3.8, 4) is 0 Å². The molecule has 1 atom stereocenters. The first-order valence-electron chi connectivity index (χ1n) is 5.92. The third kappa shape index (κ3) is 5.68. The molecule has 0 saturated carbocycles. The molecule has 0 rings (SSSR count).